The molecule has 0 saturated heterocycles. The molecule has 10 heteroatoms. The van der Waals surface area contributed by atoms with Gasteiger partial charge in [0.15, 0.2) is 5.82 Å². The zero-order chi connectivity index (χ0) is 21.1. The molecule has 0 aromatic carbocycles. The first kappa shape index (κ1) is 20.3. The van der Waals surface area contributed by atoms with Crippen LogP contribution in [-0.4, -0.2) is 32.3 Å². The highest BCUT2D eigenvalue weighted by atomic mass is 32.2. The van der Waals surface area contributed by atoms with Crippen molar-refractivity contribution in [1.82, 2.24) is 24.5 Å². The van der Waals surface area contributed by atoms with E-state index in [-0.39, 0.29) is 16.4 Å². The molecule has 1 amide bonds. The Balaban J connectivity index is 1.37. The predicted octanol–water partition coefficient (Wildman–Crippen LogP) is 3.95. The minimum absolute atomic E-state index is 0.215. The molecule has 0 atom stereocenters. The van der Waals surface area contributed by atoms with Gasteiger partial charge in [-0.05, 0) is 48.9 Å². The van der Waals surface area contributed by atoms with Crippen LogP contribution in [0.2, 0.25) is 0 Å². The molecule has 1 aliphatic rings. The zero-order valence-electron chi connectivity index (χ0n) is 16.1. The Morgan fingerprint density at radius 1 is 1.23 bits per heavy atom. The highest BCUT2D eigenvalue weighted by Gasteiger charge is 2.36. The first-order valence-electron chi connectivity index (χ1n) is 9.37. The minimum atomic E-state index is -0.947. The van der Waals surface area contributed by atoms with Crippen LogP contribution in [0.4, 0.5) is 8.78 Å². The Kier molecular flexibility index (Phi) is 5.67. The summed E-state index contributed by atoms with van der Waals surface area (Å²) >= 11 is 0.785. The predicted molar refractivity (Wildman–Crippen MR) is 106 cm³/mol. The number of nitrogens with zero attached hydrogens (tertiary/aromatic N) is 4. The Hall–Kier alpha value is -3.01. The van der Waals surface area contributed by atoms with Gasteiger partial charge in [-0.2, -0.15) is 13.8 Å². The molecule has 0 bridgehead atoms. The van der Waals surface area contributed by atoms with Gasteiger partial charge in [-0.25, -0.2) is 9.67 Å². The molecule has 0 spiro atoms. The van der Waals surface area contributed by atoms with Crippen molar-refractivity contribution in [2.45, 2.75) is 31.2 Å². The highest BCUT2D eigenvalue weighted by Crippen LogP contribution is 2.47. The highest BCUT2D eigenvalue weighted by molar-refractivity contribution is 7.97. The summed E-state index contributed by atoms with van der Waals surface area (Å²) in [5.74, 6) is -1.68. The van der Waals surface area contributed by atoms with E-state index in [2.05, 4.69) is 26.7 Å². The second kappa shape index (κ2) is 8.39. The smallest absolute Gasteiger partial charge is 0.266 e. The Morgan fingerprint density at radius 2 is 2.07 bits per heavy atom. The standard InChI is InChI=1S/C20H19F2N5O2S/c1-20(8-9-20)10-12-29-16-7-11-27(25-16)15-6-5-13(18(22)24-15)19(28)26-30-17-4-2-3-14(21)23-17/h2-7,11H,8-10,12H2,1H3,(H,26,28). The summed E-state index contributed by atoms with van der Waals surface area (Å²) in [6.07, 6.45) is 5.04. The molecule has 30 heavy (non-hydrogen) atoms. The van der Waals surface area contributed by atoms with E-state index in [1.807, 2.05) is 0 Å². The largest absolute Gasteiger partial charge is 0.477 e. The number of halogens is 2. The summed E-state index contributed by atoms with van der Waals surface area (Å²) in [5, 5.41) is 4.48. The lowest BCUT2D eigenvalue weighted by atomic mass is 10.1. The number of carbonyl (C=O) groups excluding carboxylic acids is 1. The van der Waals surface area contributed by atoms with Crippen molar-refractivity contribution >= 4 is 17.9 Å². The number of pyridine rings is 2. The van der Waals surface area contributed by atoms with E-state index in [1.165, 1.54) is 47.9 Å². The fraction of sp³-hybridized carbons (Fsp3) is 0.300. The normalized spacial score (nSPS) is 14.4. The van der Waals surface area contributed by atoms with Crippen molar-refractivity contribution in [3.8, 4) is 11.7 Å². The second-order valence-corrected chi connectivity index (χ2v) is 8.17. The number of rotatable bonds is 8. The van der Waals surface area contributed by atoms with Gasteiger partial charge in [0, 0.05) is 24.2 Å². The average Bonchev–Trinajstić information content (AvgIpc) is 3.26. The fourth-order valence-corrected chi connectivity index (χ4v) is 3.29. The molecular formula is C20H19F2N5O2S. The third kappa shape index (κ3) is 4.93. The first-order chi connectivity index (χ1) is 14.4. The summed E-state index contributed by atoms with van der Waals surface area (Å²) in [7, 11) is 0. The van der Waals surface area contributed by atoms with Gasteiger partial charge in [-0.1, -0.05) is 13.0 Å². The van der Waals surface area contributed by atoms with Crippen molar-refractivity contribution in [2.75, 3.05) is 6.61 Å². The van der Waals surface area contributed by atoms with E-state index in [4.69, 9.17) is 4.74 Å². The molecule has 156 valence electrons. The maximum atomic E-state index is 14.4. The summed E-state index contributed by atoms with van der Waals surface area (Å²) in [6, 6.07) is 8.63. The lowest BCUT2D eigenvalue weighted by molar-refractivity contribution is 0.0979. The van der Waals surface area contributed by atoms with Gasteiger partial charge in [0.2, 0.25) is 17.8 Å². The molecule has 1 saturated carbocycles. The molecule has 0 unspecified atom stereocenters. The van der Waals surface area contributed by atoms with Crippen molar-refractivity contribution in [3.05, 3.63) is 60.1 Å². The second-order valence-electron chi connectivity index (χ2n) is 7.35. The van der Waals surface area contributed by atoms with E-state index < -0.39 is 17.8 Å². The van der Waals surface area contributed by atoms with Crippen molar-refractivity contribution < 1.29 is 18.3 Å². The van der Waals surface area contributed by atoms with Gasteiger partial charge < -0.3 is 4.74 Å². The van der Waals surface area contributed by atoms with E-state index in [0.29, 0.717) is 17.9 Å². The molecule has 3 aromatic rings. The number of aromatic nitrogens is 4. The van der Waals surface area contributed by atoms with Gasteiger partial charge in [-0.15, -0.1) is 5.10 Å². The van der Waals surface area contributed by atoms with Gasteiger partial charge in [0.05, 0.1) is 12.2 Å². The lowest BCUT2D eigenvalue weighted by Crippen LogP contribution is -2.18. The number of hydrogen-bond donors (Lipinski definition) is 1. The maximum Gasteiger partial charge on any atom is 0.266 e. The fourth-order valence-electron chi connectivity index (χ4n) is 2.70. The van der Waals surface area contributed by atoms with Crippen LogP contribution in [0.5, 0.6) is 5.88 Å². The molecule has 3 aromatic heterocycles. The zero-order valence-corrected chi connectivity index (χ0v) is 17.0. The molecule has 1 fully saturated rings. The third-order valence-corrected chi connectivity index (χ3v) is 5.60. The molecule has 7 nitrogen and oxygen atoms in total. The quantitative estimate of drug-likeness (QED) is 0.430. The topological polar surface area (TPSA) is 81.9 Å². The van der Waals surface area contributed by atoms with E-state index in [1.54, 1.807) is 12.3 Å². The van der Waals surface area contributed by atoms with Crippen LogP contribution in [0.1, 0.15) is 36.5 Å². The molecule has 3 heterocycles. The molecule has 1 N–H and O–H groups in total. The number of ether oxygens (including phenoxy) is 1. The van der Waals surface area contributed by atoms with Gasteiger partial charge >= 0.3 is 0 Å². The third-order valence-electron chi connectivity index (χ3n) is 4.87. The van der Waals surface area contributed by atoms with Crippen molar-refractivity contribution in [1.29, 1.82) is 0 Å². The van der Waals surface area contributed by atoms with Crippen molar-refractivity contribution in [3.63, 3.8) is 0 Å². The maximum absolute atomic E-state index is 14.4. The Morgan fingerprint density at radius 3 is 2.80 bits per heavy atom. The average molecular weight is 431 g/mol. The number of carbonyl (C=O) groups is 1. The number of hydrogen-bond acceptors (Lipinski definition) is 6. The van der Waals surface area contributed by atoms with E-state index >= 15 is 0 Å². The lowest BCUT2D eigenvalue weighted by Gasteiger charge is -2.08. The van der Waals surface area contributed by atoms with Gasteiger partial charge in [0.1, 0.15) is 5.03 Å². The number of nitrogens with one attached hydrogen (secondary N) is 1. The Labute approximate surface area is 176 Å². The molecular weight excluding hydrogens is 412 g/mol. The van der Waals surface area contributed by atoms with Crippen LogP contribution in [0.25, 0.3) is 5.82 Å². The summed E-state index contributed by atoms with van der Waals surface area (Å²) < 4.78 is 36.9. The first-order valence-corrected chi connectivity index (χ1v) is 10.2. The molecule has 0 aliphatic heterocycles. The van der Waals surface area contributed by atoms with E-state index in [0.717, 1.165) is 18.4 Å². The molecule has 1 aliphatic carbocycles. The molecule has 0 radical (unpaired) electrons. The van der Waals surface area contributed by atoms with Crippen LogP contribution in [-0.2, 0) is 0 Å². The number of amides is 1. The van der Waals surface area contributed by atoms with Gasteiger partial charge in [0.25, 0.3) is 5.91 Å². The van der Waals surface area contributed by atoms with E-state index in [9.17, 15) is 13.6 Å². The Bertz CT molecular complexity index is 1070. The SMILES string of the molecule is CC1(CCOc2ccn(-c3ccc(C(=O)NSc4cccc(F)n4)c(F)n3)n2)CC1. The van der Waals surface area contributed by atoms with Crippen LogP contribution in [0, 0.1) is 17.3 Å². The monoisotopic (exact) mass is 431 g/mol. The summed E-state index contributed by atoms with van der Waals surface area (Å²) in [6.45, 7) is 2.80. The molecule has 4 rings (SSSR count). The van der Waals surface area contributed by atoms with Crippen molar-refractivity contribution in [2.24, 2.45) is 5.41 Å². The van der Waals surface area contributed by atoms with Crippen LogP contribution in [0.3, 0.4) is 0 Å². The van der Waals surface area contributed by atoms with Crippen LogP contribution < -0.4 is 9.46 Å². The van der Waals surface area contributed by atoms with Crippen LogP contribution in [0.15, 0.2) is 47.6 Å². The summed E-state index contributed by atoms with van der Waals surface area (Å²) in [5.41, 5.74) is 0.149. The van der Waals surface area contributed by atoms with Gasteiger partial charge in [-0.3, -0.25) is 9.52 Å². The summed E-state index contributed by atoms with van der Waals surface area (Å²) in [4.78, 5) is 19.6. The van der Waals surface area contributed by atoms with Crippen LogP contribution >= 0.6 is 11.9 Å². The minimum Gasteiger partial charge on any atom is -0.477 e.